The second-order valence-corrected chi connectivity index (χ2v) is 6.52. The number of aromatic nitrogens is 2. The number of hydrogen-bond acceptors (Lipinski definition) is 4. The van der Waals surface area contributed by atoms with Gasteiger partial charge in [0.05, 0.1) is 11.4 Å². The molecule has 0 atom stereocenters. The van der Waals surface area contributed by atoms with Gasteiger partial charge in [0.1, 0.15) is 11.5 Å². The predicted octanol–water partition coefficient (Wildman–Crippen LogP) is 1.75. The minimum Gasteiger partial charge on any atom is -0.382 e. The second-order valence-electron chi connectivity index (χ2n) is 6.52. The minimum absolute atomic E-state index is 0.210. The van der Waals surface area contributed by atoms with Gasteiger partial charge in [-0.15, -0.1) is 0 Å². The van der Waals surface area contributed by atoms with E-state index in [1.165, 1.54) is 0 Å². The third-order valence-electron chi connectivity index (χ3n) is 2.58. The van der Waals surface area contributed by atoms with Gasteiger partial charge in [0.15, 0.2) is 0 Å². The molecule has 0 aliphatic rings. The number of nitrogens with zero attached hydrogens (tertiary/aromatic N) is 2. The van der Waals surface area contributed by atoms with Crippen LogP contribution in [0.4, 0.5) is 5.82 Å². The first-order valence-corrected chi connectivity index (χ1v) is 5.93. The van der Waals surface area contributed by atoms with Crippen molar-refractivity contribution in [1.29, 1.82) is 0 Å². The third-order valence-corrected chi connectivity index (χ3v) is 2.58. The third kappa shape index (κ3) is 2.78. The van der Waals surface area contributed by atoms with Crippen LogP contribution in [0.25, 0.3) is 0 Å². The van der Waals surface area contributed by atoms with Gasteiger partial charge in [-0.25, -0.2) is 9.97 Å². The molecule has 100 valence electrons. The molecule has 5 heteroatoms. The normalized spacial score (nSPS) is 12.6. The van der Waals surface area contributed by atoms with Gasteiger partial charge in [-0.2, -0.15) is 0 Å². The summed E-state index contributed by atoms with van der Waals surface area (Å²) < 4.78 is 0. The summed E-state index contributed by atoms with van der Waals surface area (Å²) in [7, 11) is 0. The molecule has 0 unspecified atom stereocenters. The molecule has 0 spiro atoms. The molecule has 0 aliphatic heterocycles. The molecular weight excluding hydrogens is 228 g/mol. The van der Waals surface area contributed by atoms with E-state index in [0.29, 0.717) is 17.2 Å². The largest absolute Gasteiger partial charge is 0.382 e. The number of primary amides is 1. The molecule has 4 N–H and O–H groups in total. The van der Waals surface area contributed by atoms with E-state index in [1.54, 1.807) is 0 Å². The summed E-state index contributed by atoms with van der Waals surface area (Å²) in [5, 5.41) is 0. The molecule has 0 bridgehead atoms. The summed E-state index contributed by atoms with van der Waals surface area (Å²) in [4.78, 5) is 20.2. The lowest BCUT2D eigenvalue weighted by atomic mass is 9.87. The highest BCUT2D eigenvalue weighted by atomic mass is 16.1. The summed E-state index contributed by atoms with van der Waals surface area (Å²) in [5.41, 5.74) is 12.1. The van der Waals surface area contributed by atoms with Crippen molar-refractivity contribution in [1.82, 2.24) is 9.97 Å². The van der Waals surface area contributed by atoms with Crippen molar-refractivity contribution >= 4 is 11.7 Å². The van der Waals surface area contributed by atoms with Crippen LogP contribution in [0.2, 0.25) is 0 Å². The Morgan fingerprint density at radius 3 is 1.72 bits per heavy atom. The maximum absolute atomic E-state index is 11.5. The van der Waals surface area contributed by atoms with Gasteiger partial charge in [0.2, 0.25) is 0 Å². The van der Waals surface area contributed by atoms with E-state index in [9.17, 15) is 4.79 Å². The first-order chi connectivity index (χ1) is 7.94. The van der Waals surface area contributed by atoms with E-state index in [2.05, 4.69) is 9.97 Å². The molecule has 0 fully saturated rings. The van der Waals surface area contributed by atoms with Crippen LogP contribution in [0.5, 0.6) is 0 Å². The van der Waals surface area contributed by atoms with E-state index in [4.69, 9.17) is 11.5 Å². The van der Waals surface area contributed by atoms with E-state index in [1.807, 2.05) is 41.5 Å². The first kappa shape index (κ1) is 14.4. The van der Waals surface area contributed by atoms with Crippen molar-refractivity contribution in [2.24, 2.45) is 5.73 Å². The zero-order chi connectivity index (χ0) is 14.3. The number of rotatable bonds is 1. The Kier molecular flexibility index (Phi) is 3.38. The Morgan fingerprint density at radius 2 is 1.39 bits per heavy atom. The van der Waals surface area contributed by atoms with E-state index < -0.39 is 5.91 Å². The standard InChI is InChI=1S/C13H22N4O/c1-12(2,3)8-7(11(15)18)16-9(10(14)17-8)13(4,5)6/h1-6H3,(H2,14,17)(H2,15,18). The molecule has 5 nitrogen and oxygen atoms in total. The lowest BCUT2D eigenvalue weighted by Crippen LogP contribution is -2.28. The summed E-state index contributed by atoms with van der Waals surface area (Å²) in [6.45, 7) is 11.7. The van der Waals surface area contributed by atoms with E-state index >= 15 is 0 Å². The Hall–Kier alpha value is -1.65. The predicted molar refractivity (Wildman–Crippen MR) is 72.4 cm³/mol. The van der Waals surface area contributed by atoms with E-state index in [0.717, 1.165) is 0 Å². The number of amides is 1. The van der Waals surface area contributed by atoms with Gasteiger partial charge in [0, 0.05) is 10.8 Å². The lowest BCUT2D eigenvalue weighted by Gasteiger charge is -2.25. The summed E-state index contributed by atoms with van der Waals surface area (Å²) >= 11 is 0. The van der Waals surface area contributed by atoms with Crippen molar-refractivity contribution in [3.63, 3.8) is 0 Å². The molecule has 1 aromatic heterocycles. The van der Waals surface area contributed by atoms with Crippen molar-refractivity contribution in [2.45, 2.75) is 52.4 Å². The molecule has 0 aliphatic carbocycles. The van der Waals surface area contributed by atoms with Gasteiger partial charge in [0.25, 0.3) is 5.91 Å². The Balaban J connectivity index is 3.60. The van der Waals surface area contributed by atoms with Crippen molar-refractivity contribution in [3.05, 3.63) is 17.1 Å². The maximum atomic E-state index is 11.5. The number of anilines is 1. The minimum atomic E-state index is -0.571. The molecule has 1 rings (SSSR count). The highest BCUT2D eigenvalue weighted by Crippen LogP contribution is 2.29. The van der Waals surface area contributed by atoms with Crippen LogP contribution >= 0.6 is 0 Å². The highest BCUT2D eigenvalue weighted by molar-refractivity contribution is 5.92. The average Bonchev–Trinajstić information content (AvgIpc) is 2.13. The summed E-state index contributed by atoms with van der Waals surface area (Å²) in [6, 6.07) is 0. The molecule has 0 saturated carbocycles. The van der Waals surface area contributed by atoms with Gasteiger partial charge in [-0.3, -0.25) is 4.79 Å². The Labute approximate surface area is 108 Å². The molecule has 1 aromatic rings. The average molecular weight is 250 g/mol. The first-order valence-electron chi connectivity index (χ1n) is 5.93. The fraction of sp³-hybridized carbons (Fsp3) is 0.615. The van der Waals surface area contributed by atoms with Crippen molar-refractivity contribution in [2.75, 3.05) is 5.73 Å². The number of carbonyl (C=O) groups excluding carboxylic acids is 1. The van der Waals surface area contributed by atoms with Gasteiger partial charge >= 0.3 is 0 Å². The molecule has 1 amide bonds. The number of nitrogens with two attached hydrogens (primary N) is 2. The Bertz CT molecular complexity index is 481. The van der Waals surface area contributed by atoms with Gasteiger partial charge in [-0.05, 0) is 0 Å². The number of nitrogen functional groups attached to an aromatic ring is 1. The fourth-order valence-corrected chi connectivity index (χ4v) is 1.70. The molecular formula is C13H22N4O. The quantitative estimate of drug-likeness (QED) is 0.793. The zero-order valence-corrected chi connectivity index (χ0v) is 12.0. The monoisotopic (exact) mass is 250 g/mol. The molecule has 0 aromatic carbocycles. The van der Waals surface area contributed by atoms with Crippen LogP contribution in [0.3, 0.4) is 0 Å². The highest BCUT2D eigenvalue weighted by Gasteiger charge is 2.29. The summed E-state index contributed by atoms with van der Waals surface area (Å²) in [5.74, 6) is -0.213. The maximum Gasteiger partial charge on any atom is 0.269 e. The smallest absolute Gasteiger partial charge is 0.269 e. The molecule has 0 radical (unpaired) electrons. The zero-order valence-electron chi connectivity index (χ0n) is 12.0. The number of carbonyl (C=O) groups is 1. The SMILES string of the molecule is CC(C)(C)c1nc(C(N)=O)c(C(C)(C)C)nc1N. The van der Waals surface area contributed by atoms with Gasteiger partial charge in [-0.1, -0.05) is 41.5 Å². The van der Waals surface area contributed by atoms with Gasteiger partial charge < -0.3 is 11.5 Å². The fourth-order valence-electron chi connectivity index (χ4n) is 1.70. The topological polar surface area (TPSA) is 94.9 Å². The van der Waals surface area contributed by atoms with Crippen LogP contribution in [-0.2, 0) is 10.8 Å². The van der Waals surface area contributed by atoms with Crippen molar-refractivity contribution < 1.29 is 4.79 Å². The van der Waals surface area contributed by atoms with Crippen LogP contribution in [0.15, 0.2) is 0 Å². The van der Waals surface area contributed by atoms with Crippen LogP contribution in [0.1, 0.15) is 63.4 Å². The van der Waals surface area contributed by atoms with Crippen LogP contribution < -0.4 is 11.5 Å². The summed E-state index contributed by atoms with van der Waals surface area (Å²) in [6.07, 6.45) is 0. The van der Waals surface area contributed by atoms with E-state index in [-0.39, 0.29) is 16.5 Å². The Morgan fingerprint density at radius 1 is 0.944 bits per heavy atom. The lowest BCUT2D eigenvalue weighted by molar-refractivity contribution is 0.0992. The van der Waals surface area contributed by atoms with Crippen molar-refractivity contribution in [3.8, 4) is 0 Å². The molecule has 18 heavy (non-hydrogen) atoms. The second kappa shape index (κ2) is 4.23. The number of hydrogen-bond donors (Lipinski definition) is 2. The molecule has 0 saturated heterocycles. The van der Waals surface area contributed by atoms with Crippen LogP contribution in [-0.4, -0.2) is 15.9 Å². The molecule has 1 heterocycles. The van der Waals surface area contributed by atoms with Crippen LogP contribution in [0, 0.1) is 0 Å².